The second-order valence-corrected chi connectivity index (χ2v) is 9.06. The van der Waals surface area contributed by atoms with E-state index in [1.807, 2.05) is 24.3 Å². The third kappa shape index (κ3) is 4.60. The Hall–Kier alpha value is -3.49. The van der Waals surface area contributed by atoms with Crippen molar-refractivity contribution in [1.29, 1.82) is 0 Å². The molecule has 0 unspecified atom stereocenters. The minimum Gasteiger partial charge on any atom is -0.393 e. The molecule has 0 aliphatic heterocycles. The molecule has 9 heteroatoms. The maximum atomic E-state index is 13.1. The van der Waals surface area contributed by atoms with Gasteiger partial charge in [-0.1, -0.05) is 29.8 Å². The maximum absolute atomic E-state index is 13.1. The fourth-order valence-electron chi connectivity index (χ4n) is 4.41. The predicted molar refractivity (Wildman–Crippen MR) is 130 cm³/mol. The maximum Gasteiger partial charge on any atom is 0.261 e. The van der Waals surface area contributed by atoms with Crippen molar-refractivity contribution in [2.24, 2.45) is 0 Å². The third-order valence-corrected chi connectivity index (χ3v) is 6.59. The van der Waals surface area contributed by atoms with Crippen LogP contribution in [0.2, 0.25) is 5.15 Å². The normalized spacial score (nSPS) is 18.2. The highest BCUT2D eigenvalue weighted by molar-refractivity contribution is 6.32. The van der Waals surface area contributed by atoms with E-state index in [9.17, 15) is 14.7 Å². The average molecular weight is 478 g/mol. The van der Waals surface area contributed by atoms with Crippen molar-refractivity contribution < 1.29 is 9.90 Å². The molecule has 0 saturated heterocycles. The molecule has 1 saturated carbocycles. The first-order chi connectivity index (χ1) is 16.5. The van der Waals surface area contributed by atoms with Gasteiger partial charge in [0.25, 0.3) is 11.5 Å². The van der Waals surface area contributed by atoms with Gasteiger partial charge in [0, 0.05) is 17.2 Å². The summed E-state index contributed by atoms with van der Waals surface area (Å²) in [5, 5.41) is 20.3. The Morgan fingerprint density at radius 2 is 2.00 bits per heavy atom. The Morgan fingerprint density at radius 1 is 1.18 bits per heavy atom. The molecule has 174 valence electrons. The number of H-pyrrole nitrogens is 1. The van der Waals surface area contributed by atoms with E-state index < -0.39 is 0 Å². The molecule has 1 fully saturated rings. The van der Waals surface area contributed by atoms with Crippen LogP contribution in [0.3, 0.4) is 0 Å². The topological polar surface area (TPSA) is 113 Å². The largest absolute Gasteiger partial charge is 0.393 e. The summed E-state index contributed by atoms with van der Waals surface area (Å²) in [7, 11) is 0. The molecular formula is C25H24ClN5O3. The molecule has 0 radical (unpaired) electrons. The fraction of sp³-hybridized carbons (Fsp3) is 0.280. The number of amides is 1. The Kier molecular flexibility index (Phi) is 6.17. The zero-order chi connectivity index (χ0) is 23.7. The summed E-state index contributed by atoms with van der Waals surface area (Å²) in [6.07, 6.45) is 5.86. The SMILES string of the molecule is O=C(NC1CCC(O)CC1)c1cccc(Cn2cnc3cc(-c4cn[nH]c4Cl)ccc3c2=O)c1. The first-order valence-corrected chi connectivity index (χ1v) is 11.6. The highest BCUT2D eigenvalue weighted by Gasteiger charge is 2.21. The quantitative estimate of drug-likeness (QED) is 0.407. The minimum atomic E-state index is -0.264. The smallest absolute Gasteiger partial charge is 0.261 e. The lowest BCUT2D eigenvalue weighted by Crippen LogP contribution is -2.38. The Balaban J connectivity index is 1.35. The van der Waals surface area contributed by atoms with Crippen LogP contribution in [0.1, 0.15) is 41.6 Å². The number of aliphatic hydroxyl groups is 1. The molecule has 1 amide bonds. The first kappa shape index (κ1) is 22.3. The Bertz CT molecular complexity index is 1410. The lowest BCUT2D eigenvalue weighted by molar-refractivity contribution is 0.0867. The van der Waals surface area contributed by atoms with Crippen molar-refractivity contribution in [3.05, 3.63) is 81.6 Å². The highest BCUT2D eigenvalue weighted by Crippen LogP contribution is 2.27. The van der Waals surface area contributed by atoms with E-state index in [-0.39, 0.29) is 23.6 Å². The number of aromatic nitrogens is 4. The second-order valence-electron chi connectivity index (χ2n) is 8.69. The molecule has 8 nitrogen and oxygen atoms in total. The number of halogens is 1. The average Bonchev–Trinajstić information content (AvgIpc) is 3.28. The zero-order valence-corrected chi connectivity index (χ0v) is 19.1. The molecule has 0 bridgehead atoms. The van der Waals surface area contributed by atoms with Crippen LogP contribution in [0.5, 0.6) is 0 Å². The molecule has 1 aliphatic rings. The van der Waals surface area contributed by atoms with Crippen molar-refractivity contribution in [2.45, 2.75) is 44.4 Å². The van der Waals surface area contributed by atoms with Crippen molar-refractivity contribution >= 4 is 28.4 Å². The first-order valence-electron chi connectivity index (χ1n) is 11.2. The van der Waals surface area contributed by atoms with Crippen LogP contribution in [0.15, 0.2) is 59.8 Å². The van der Waals surface area contributed by atoms with E-state index in [4.69, 9.17) is 11.6 Å². The summed E-state index contributed by atoms with van der Waals surface area (Å²) in [5.74, 6) is -0.141. The lowest BCUT2D eigenvalue weighted by atomic mass is 9.93. The van der Waals surface area contributed by atoms with Gasteiger partial charge in [-0.05, 0) is 61.1 Å². The number of aromatic amines is 1. The monoisotopic (exact) mass is 477 g/mol. The molecule has 2 aromatic carbocycles. The Morgan fingerprint density at radius 3 is 2.76 bits per heavy atom. The van der Waals surface area contributed by atoms with Crippen molar-refractivity contribution in [2.75, 3.05) is 0 Å². The van der Waals surface area contributed by atoms with Crippen LogP contribution < -0.4 is 10.9 Å². The van der Waals surface area contributed by atoms with Gasteiger partial charge in [0.15, 0.2) is 0 Å². The molecule has 34 heavy (non-hydrogen) atoms. The van der Waals surface area contributed by atoms with Gasteiger partial charge in [0.1, 0.15) is 5.15 Å². The molecule has 0 spiro atoms. The molecule has 2 heterocycles. The summed E-state index contributed by atoms with van der Waals surface area (Å²) in [6.45, 7) is 0.299. The van der Waals surface area contributed by atoms with Gasteiger partial charge < -0.3 is 10.4 Å². The van der Waals surface area contributed by atoms with Crippen LogP contribution in [0.25, 0.3) is 22.0 Å². The molecule has 0 atom stereocenters. The van der Waals surface area contributed by atoms with E-state index in [0.29, 0.717) is 41.0 Å². The number of fused-ring (bicyclic) bond motifs is 1. The molecule has 3 N–H and O–H groups in total. The van der Waals surface area contributed by atoms with Gasteiger partial charge in [-0.3, -0.25) is 19.3 Å². The number of hydrogen-bond donors (Lipinski definition) is 3. The van der Waals surface area contributed by atoms with Gasteiger partial charge in [0.2, 0.25) is 0 Å². The number of aliphatic hydroxyl groups excluding tert-OH is 1. The fourth-order valence-corrected chi connectivity index (χ4v) is 4.61. The molecule has 1 aliphatic carbocycles. The van der Waals surface area contributed by atoms with Gasteiger partial charge in [-0.2, -0.15) is 5.10 Å². The van der Waals surface area contributed by atoms with Crippen LogP contribution in [0.4, 0.5) is 0 Å². The van der Waals surface area contributed by atoms with Gasteiger partial charge in [-0.15, -0.1) is 0 Å². The predicted octanol–water partition coefficient (Wildman–Crippen LogP) is 3.52. The van der Waals surface area contributed by atoms with Crippen LogP contribution in [-0.4, -0.2) is 42.9 Å². The number of nitrogens with zero attached hydrogens (tertiary/aromatic N) is 3. The number of rotatable bonds is 5. The number of benzene rings is 2. The van der Waals surface area contributed by atoms with Crippen LogP contribution in [-0.2, 0) is 6.54 Å². The summed E-state index contributed by atoms with van der Waals surface area (Å²) in [6, 6.07) is 12.7. The standard InChI is InChI=1S/C25H24ClN5O3/c26-23-21(12-28-30-23)16-4-9-20-22(11-16)27-14-31(25(20)34)13-15-2-1-3-17(10-15)24(33)29-18-5-7-19(32)8-6-18/h1-4,9-12,14,18-19,32H,5-8,13H2,(H,28,30)(H,29,33). The van der Waals surface area contributed by atoms with Crippen molar-refractivity contribution in [3.8, 4) is 11.1 Å². The number of carbonyl (C=O) groups excluding carboxylic acids is 1. The van der Waals surface area contributed by atoms with Gasteiger partial charge >= 0.3 is 0 Å². The van der Waals surface area contributed by atoms with Crippen LogP contribution in [0, 0.1) is 0 Å². The molecular weight excluding hydrogens is 454 g/mol. The van der Waals surface area contributed by atoms with Gasteiger partial charge in [-0.25, -0.2) is 4.98 Å². The second kappa shape index (κ2) is 9.40. The molecule has 5 rings (SSSR count). The highest BCUT2D eigenvalue weighted by atomic mass is 35.5. The summed E-state index contributed by atoms with van der Waals surface area (Å²) in [5.41, 5.74) is 3.35. The lowest BCUT2D eigenvalue weighted by Gasteiger charge is -2.26. The van der Waals surface area contributed by atoms with Crippen molar-refractivity contribution in [1.82, 2.24) is 25.1 Å². The Labute approximate surface area is 200 Å². The van der Waals surface area contributed by atoms with Crippen molar-refractivity contribution in [3.63, 3.8) is 0 Å². The van der Waals surface area contributed by atoms with E-state index in [2.05, 4.69) is 20.5 Å². The van der Waals surface area contributed by atoms with Gasteiger partial charge in [0.05, 0.1) is 36.1 Å². The third-order valence-electron chi connectivity index (χ3n) is 6.30. The van der Waals surface area contributed by atoms with E-state index >= 15 is 0 Å². The zero-order valence-electron chi connectivity index (χ0n) is 18.4. The summed E-state index contributed by atoms with van der Waals surface area (Å²) in [4.78, 5) is 30.3. The van der Waals surface area contributed by atoms with Crippen LogP contribution >= 0.6 is 11.6 Å². The number of carbonyl (C=O) groups is 1. The molecule has 2 aromatic heterocycles. The summed E-state index contributed by atoms with van der Waals surface area (Å²) < 4.78 is 1.53. The summed E-state index contributed by atoms with van der Waals surface area (Å²) >= 11 is 6.12. The van der Waals surface area contributed by atoms with E-state index in [1.54, 1.807) is 24.4 Å². The molecule has 4 aromatic rings. The van der Waals surface area contributed by atoms with E-state index in [0.717, 1.165) is 29.5 Å². The minimum absolute atomic E-state index is 0.0775. The number of hydrogen-bond acceptors (Lipinski definition) is 5. The van der Waals surface area contributed by atoms with E-state index in [1.165, 1.54) is 10.9 Å². The number of nitrogens with one attached hydrogen (secondary N) is 2.